The number of nitrogens with one attached hydrogen (secondary N) is 1. The second-order valence-electron chi connectivity index (χ2n) is 5.17. The number of nitrogens with zero attached hydrogens (tertiary/aromatic N) is 2. The molecular formula is C15H20BrN3. The molecule has 4 heteroatoms. The summed E-state index contributed by atoms with van der Waals surface area (Å²) in [5.74, 6) is 0.668. The number of hydrogen-bond acceptors (Lipinski definition) is 2. The summed E-state index contributed by atoms with van der Waals surface area (Å²) in [4.78, 5) is 0. The molecule has 0 saturated carbocycles. The van der Waals surface area contributed by atoms with Crippen LogP contribution in [0.5, 0.6) is 0 Å². The summed E-state index contributed by atoms with van der Waals surface area (Å²) in [6, 6.07) is 8.20. The smallest absolute Gasteiger partial charge is 0.0649 e. The first kappa shape index (κ1) is 14.3. The van der Waals surface area contributed by atoms with Crippen LogP contribution in [0.2, 0.25) is 0 Å². The van der Waals surface area contributed by atoms with E-state index in [9.17, 15) is 0 Å². The number of rotatable bonds is 5. The summed E-state index contributed by atoms with van der Waals surface area (Å²) >= 11 is 3.45. The first-order valence-electron chi connectivity index (χ1n) is 6.58. The van der Waals surface area contributed by atoms with Gasteiger partial charge in [-0.3, -0.25) is 0 Å². The zero-order valence-electron chi connectivity index (χ0n) is 11.7. The van der Waals surface area contributed by atoms with Gasteiger partial charge in [0.2, 0.25) is 0 Å². The van der Waals surface area contributed by atoms with Crippen molar-refractivity contribution in [3.8, 4) is 5.69 Å². The summed E-state index contributed by atoms with van der Waals surface area (Å²) in [6.45, 7) is 8.45. The van der Waals surface area contributed by atoms with E-state index in [2.05, 4.69) is 59.2 Å². The lowest BCUT2D eigenvalue weighted by atomic mass is 10.2. The van der Waals surface area contributed by atoms with Crippen LogP contribution in [-0.4, -0.2) is 16.3 Å². The fourth-order valence-electron chi connectivity index (χ4n) is 1.96. The van der Waals surface area contributed by atoms with Crippen LogP contribution in [0.3, 0.4) is 0 Å². The highest BCUT2D eigenvalue weighted by Gasteiger charge is 2.07. The van der Waals surface area contributed by atoms with Crippen LogP contribution >= 0.6 is 15.9 Å². The second-order valence-corrected chi connectivity index (χ2v) is 6.08. The van der Waals surface area contributed by atoms with E-state index in [1.54, 1.807) is 0 Å². The van der Waals surface area contributed by atoms with Crippen LogP contribution < -0.4 is 5.32 Å². The molecule has 3 nitrogen and oxygen atoms in total. The van der Waals surface area contributed by atoms with Crippen LogP contribution in [0.4, 0.5) is 0 Å². The predicted octanol–water partition coefficient (Wildman–Crippen LogP) is 3.69. The van der Waals surface area contributed by atoms with Crippen molar-refractivity contribution >= 4 is 15.9 Å². The normalized spacial score (nSPS) is 11.2. The lowest BCUT2D eigenvalue weighted by Gasteiger charge is -2.08. The first-order chi connectivity index (χ1) is 9.08. The summed E-state index contributed by atoms with van der Waals surface area (Å²) in [5.41, 5.74) is 3.54. The van der Waals surface area contributed by atoms with Gasteiger partial charge in [-0.2, -0.15) is 5.10 Å². The largest absolute Gasteiger partial charge is 0.312 e. The van der Waals surface area contributed by atoms with Crippen molar-refractivity contribution in [1.29, 1.82) is 0 Å². The molecule has 0 saturated heterocycles. The fourth-order valence-corrected chi connectivity index (χ4v) is 2.22. The molecule has 0 fully saturated rings. The maximum Gasteiger partial charge on any atom is 0.0649 e. The lowest BCUT2D eigenvalue weighted by molar-refractivity contribution is 0.551. The first-order valence-corrected chi connectivity index (χ1v) is 7.37. The van der Waals surface area contributed by atoms with Crippen molar-refractivity contribution in [3.05, 3.63) is 46.2 Å². The lowest BCUT2D eigenvalue weighted by Crippen LogP contribution is -2.19. The van der Waals surface area contributed by atoms with Gasteiger partial charge < -0.3 is 5.32 Å². The summed E-state index contributed by atoms with van der Waals surface area (Å²) < 4.78 is 3.07. The highest BCUT2D eigenvalue weighted by Crippen LogP contribution is 2.17. The van der Waals surface area contributed by atoms with Crippen molar-refractivity contribution in [1.82, 2.24) is 15.1 Å². The SMILES string of the molecule is Cc1c(CNCC(C)C)cnn1-c1ccc(Br)cc1. The highest BCUT2D eigenvalue weighted by molar-refractivity contribution is 9.10. The third-order valence-electron chi connectivity index (χ3n) is 3.05. The Bertz CT molecular complexity index is 529. The van der Waals surface area contributed by atoms with E-state index in [4.69, 9.17) is 0 Å². The Balaban J connectivity index is 2.11. The molecule has 0 aliphatic heterocycles. The Morgan fingerprint density at radius 3 is 2.58 bits per heavy atom. The van der Waals surface area contributed by atoms with Gasteiger partial charge in [0.25, 0.3) is 0 Å². The molecule has 1 aromatic carbocycles. The third kappa shape index (κ3) is 3.67. The number of halogens is 1. The van der Waals surface area contributed by atoms with Crippen molar-refractivity contribution in [2.75, 3.05) is 6.54 Å². The van der Waals surface area contributed by atoms with Gasteiger partial charge in [0.15, 0.2) is 0 Å². The van der Waals surface area contributed by atoms with E-state index in [0.29, 0.717) is 5.92 Å². The maximum absolute atomic E-state index is 4.47. The fraction of sp³-hybridized carbons (Fsp3) is 0.400. The Morgan fingerprint density at radius 1 is 1.26 bits per heavy atom. The monoisotopic (exact) mass is 321 g/mol. The van der Waals surface area contributed by atoms with Gasteiger partial charge >= 0.3 is 0 Å². The van der Waals surface area contributed by atoms with Gasteiger partial charge in [0.05, 0.1) is 11.9 Å². The van der Waals surface area contributed by atoms with Crippen LogP contribution in [0.25, 0.3) is 5.69 Å². The highest BCUT2D eigenvalue weighted by atomic mass is 79.9. The van der Waals surface area contributed by atoms with E-state index >= 15 is 0 Å². The molecule has 1 aromatic heterocycles. The van der Waals surface area contributed by atoms with Crippen molar-refractivity contribution in [3.63, 3.8) is 0 Å². The van der Waals surface area contributed by atoms with Gasteiger partial charge in [-0.1, -0.05) is 29.8 Å². The summed E-state index contributed by atoms with van der Waals surface area (Å²) in [6.07, 6.45) is 1.95. The van der Waals surface area contributed by atoms with Crippen LogP contribution in [0, 0.1) is 12.8 Å². The molecule has 1 heterocycles. The van der Waals surface area contributed by atoms with Crippen LogP contribution in [0.15, 0.2) is 34.9 Å². The van der Waals surface area contributed by atoms with E-state index in [0.717, 1.165) is 23.2 Å². The molecule has 0 radical (unpaired) electrons. The van der Waals surface area contributed by atoms with Gasteiger partial charge in [-0.05, 0) is 43.7 Å². The molecule has 1 N–H and O–H groups in total. The van der Waals surface area contributed by atoms with Crippen molar-refractivity contribution in [2.24, 2.45) is 5.92 Å². The zero-order valence-corrected chi connectivity index (χ0v) is 13.2. The number of hydrogen-bond donors (Lipinski definition) is 1. The van der Waals surface area contributed by atoms with Gasteiger partial charge in [0, 0.05) is 22.3 Å². The molecule has 0 spiro atoms. The van der Waals surface area contributed by atoms with Crippen molar-refractivity contribution in [2.45, 2.75) is 27.3 Å². The van der Waals surface area contributed by atoms with Crippen LogP contribution in [0.1, 0.15) is 25.1 Å². The average Bonchev–Trinajstić information content (AvgIpc) is 2.72. The van der Waals surface area contributed by atoms with Crippen LogP contribution in [-0.2, 0) is 6.54 Å². The Morgan fingerprint density at radius 2 is 1.95 bits per heavy atom. The molecule has 0 unspecified atom stereocenters. The van der Waals surface area contributed by atoms with E-state index < -0.39 is 0 Å². The van der Waals surface area contributed by atoms with E-state index in [1.165, 1.54) is 11.3 Å². The van der Waals surface area contributed by atoms with Gasteiger partial charge in [-0.25, -0.2) is 4.68 Å². The van der Waals surface area contributed by atoms with E-state index in [1.807, 2.05) is 23.0 Å². The molecule has 0 aliphatic rings. The molecule has 2 rings (SSSR count). The third-order valence-corrected chi connectivity index (χ3v) is 3.58. The maximum atomic E-state index is 4.47. The average molecular weight is 322 g/mol. The topological polar surface area (TPSA) is 29.9 Å². The minimum absolute atomic E-state index is 0.668. The van der Waals surface area contributed by atoms with Gasteiger partial charge in [-0.15, -0.1) is 0 Å². The minimum atomic E-state index is 0.668. The molecule has 0 aliphatic carbocycles. The standard InChI is InChI=1S/C15H20BrN3/c1-11(2)8-17-9-13-10-18-19(12(13)3)15-6-4-14(16)5-7-15/h4-7,10-11,17H,8-9H2,1-3H3. The number of benzene rings is 1. The Kier molecular flexibility index (Phi) is 4.77. The molecule has 102 valence electrons. The predicted molar refractivity (Wildman–Crippen MR) is 82.5 cm³/mol. The minimum Gasteiger partial charge on any atom is -0.312 e. The second kappa shape index (κ2) is 6.35. The molecule has 0 atom stereocenters. The molecule has 2 aromatic rings. The molecule has 19 heavy (non-hydrogen) atoms. The zero-order chi connectivity index (χ0) is 13.8. The molecule has 0 amide bonds. The van der Waals surface area contributed by atoms with E-state index in [-0.39, 0.29) is 0 Å². The molecule has 0 bridgehead atoms. The summed E-state index contributed by atoms with van der Waals surface area (Å²) in [5, 5.41) is 7.93. The summed E-state index contributed by atoms with van der Waals surface area (Å²) in [7, 11) is 0. The number of aromatic nitrogens is 2. The van der Waals surface area contributed by atoms with Crippen molar-refractivity contribution < 1.29 is 0 Å². The Labute approximate surface area is 123 Å². The Hall–Kier alpha value is -1.13. The quantitative estimate of drug-likeness (QED) is 0.910. The molecular weight excluding hydrogens is 302 g/mol. The van der Waals surface area contributed by atoms with Gasteiger partial charge in [0.1, 0.15) is 0 Å².